The Morgan fingerprint density at radius 3 is 2.53 bits per heavy atom. The van der Waals surface area contributed by atoms with Crippen molar-refractivity contribution >= 4 is 23.1 Å². The summed E-state index contributed by atoms with van der Waals surface area (Å²) in [5.74, 6) is -1.27. The molecule has 0 spiro atoms. The molecule has 1 aromatic heterocycles. The Kier molecular flexibility index (Phi) is 2.61. The van der Waals surface area contributed by atoms with E-state index in [1.165, 1.54) is 12.1 Å². The average molecular weight is 237 g/mol. The van der Waals surface area contributed by atoms with E-state index in [0.29, 0.717) is 0 Å². The smallest absolute Gasteiger partial charge is 0.252 e. The van der Waals surface area contributed by atoms with Crippen molar-refractivity contribution in [2.45, 2.75) is 0 Å². The molecule has 0 aliphatic rings. The van der Waals surface area contributed by atoms with Crippen molar-refractivity contribution in [3.05, 3.63) is 24.0 Å². The van der Waals surface area contributed by atoms with Gasteiger partial charge >= 0.3 is 0 Å². The number of hydrogen-bond donors (Lipinski definition) is 3. The first-order chi connectivity index (χ1) is 8.09. The van der Waals surface area contributed by atoms with Crippen LogP contribution in [-0.2, 0) is 0 Å². The van der Waals surface area contributed by atoms with Crippen LogP contribution in [0.15, 0.2) is 33.0 Å². The molecule has 0 unspecified atom stereocenters. The third kappa shape index (κ3) is 2.00. The van der Waals surface area contributed by atoms with Crippen LogP contribution in [0.4, 0.5) is 27.5 Å². The number of benzene rings is 1. The first kappa shape index (κ1) is 10.9. The van der Waals surface area contributed by atoms with E-state index in [0.717, 1.165) is 6.07 Å². The zero-order valence-electron chi connectivity index (χ0n) is 8.46. The van der Waals surface area contributed by atoms with E-state index in [1.54, 1.807) is 0 Å². The van der Waals surface area contributed by atoms with Gasteiger partial charge in [0.25, 0.3) is 5.88 Å². The number of halogens is 1. The minimum absolute atomic E-state index is 0.00680. The van der Waals surface area contributed by atoms with E-state index in [9.17, 15) is 9.50 Å². The van der Waals surface area contributed by atoms with Crippen LogP contribution in [0.25, 0.3) is 0 Å². The Bertz CT molecular complexity index is 541. The van der Waals surface area contributed by atoms with E-state index in [4.69, 9.17) is 11.5 Å². The van der Waals surface area contributed by atoms with Gasteiger partial charge in [0, 0.05) is 0 Å². The lowest BCUT2D eigenvalue weighted by Gasteiger charge is -1.97. The molecule has 5 N–H and O–H groups in total. The molecule has 0 aliphatic carbocycles. The van der Waals surface area contributed by atoms with Gasteiger partial charge in [-0.1, -0.05) is 11.2 Å². The lowest BCUT2D eigenvalue weighted by atomic mass is 10.3. The van der Waals surface area contributed by atoms with Gasteiger partial charge in [-0.2, -0.15) is 0 Å². The van der Waals surface area contributed by atoms with Crippen molar-refractivity contribution in [2.24, 2.45) is 10.2 Å². The molecule has 2 aromatic rings. The first-order valence-electron chi connectivity index (χ1n) is 4.49. The molecule has 7 nitrogen and oxygen atoms in total. The number of aromatic hydroxyl groups is 1. The molecular formula is C9H8FN5O2. The second-order valence-corrected chi connectivity index (χ2v) is 3.09. The molecule has 1 aromatic carbocycles. The molecule has 0 radical (unpaired) electrons. The molecule has 0 bridgehead atoms. The van der Waals surface area contributed by atoms with Crippen LogP contribution in [0.5, 0.6) is 5.75 Å². The number of phenolic OH excluding ortho intramolecular Hbond substituents is 1. The summed E-state index contributed by atoms with van der Waals surface area (Å²) >= 11 is 0. The Morgan fingerprint density at radius 2 is 1.94 bits per heavy atom. The molecular weight excluding hydrogens is 229 g/mol. The topological polar surface area (TPSA) is 123 Å². The predicted octanol–water partition coefficient (Wildman–Crippen LogP) is 2.10. The summed E-state index contributed by atoms with van der Waals surface area (Å²) in [5.41, 5.74) is 10.4. The predicted molar refractivity (Wildman–Crippen MR) is 57.6 cm³/mol. The number of anilines is 2. The van der Waals surface area contributed by atoms with Crippen molar-refractivity contribution in [3.63, 3.8) is 0 Å². The second-order valence-electron chi connectivity index (χ2n) is 3.09. The summed E-state index contributed by atoms with van der Waals surface area (Å²) in [6.45, 7) is 0. The number of azo groups is 1. The molecule has 2 rings (SSSR count). The molecule has 0 saturated heterocycles. The number of nitrogen functional groups attached to an aromatic ring is 2. The molecule has 0 fully saturated rings. The normalized spacial score (nSPS) is 11.1. The zero-order chi connectivity index (χ0) is 12.4. The highest BCUT2D eigenvalue weighted by Gasteiger charge is 2.11. The fourth-order valence-corrected chi connectivity index (χ4v) is 1.11. The van der Waals surface area contributed by atoms with Gasteiger partial charge in [-0.3, -0.25) is 0 Å². The minimum atomic E-state index is -0.720. The molecule has 88 valence electrons. The summed E-state index contributed by atoms with van der Waals surface area (Å²) in [6, 6.07) is 3.75. The van der Waals surface area contributed by atoms with E-state index in [-0.39, 0.29) is 28.8 Å². The van der Waals surface area contributed by atoms with Crippen LogP contribution in [0.1, 0.15) is 0 Å². The van der Waals surface area contributed by atoms with Crippen LogP contribution in [0.3, 0.4) is 0 Å². The highest BCUT2D eigenvalue weighted by molar-refractivity contribution is 5.68. The molecule has 0 atom stereocenters. The van der Waals surface area contributed by atoms with Crippen LogP contribution >= 0.6 is 0 Å². The Labute approximate surface area is 94.5 Å². The SMILES string of the molecule is Nc1noc(N)c1N=Nc1c(O)cccc1F. The standard InChI is InChI=1S/C9H8FN5O2/c10-4-2-1-3-5(16)6(4)13-14-7-8(11)15-17-9(7)12/h1-3,16H,12H2,(H2,11,15). The average Bonchev–Trinajstić information content (AvgIpc) is 2.59. The monoisotopic (exact) mass is 237 g/mol. The maximum Gasteiger partial charge on any atom is 0.252 e. The van der Waals surface area contributed by atoms with Gasteiger partial charge in [0.15, 0.2) is 23.0 Å². The Morgan fingerprint density at radius 1 is 1.24 bits per heavy atom. The number of phenols is 1. The fourth-order valence-electron chi connectivity index (χ4n) is 1.11. The number of rotatable bonds is 2. The van der Waals surface area contributed by atoms with E-state index in [2.05, 4.69) is 19.9 Å². The van der Waals surface area contributed by atoms with Crippen molar-refractivity contribution in [1.82, 2.24) is 5.16 Å². The summed E-state index contributed by atoms with van der Waals surface area (Å²) in [5, 5.41) is 19.8. The molecule has 1 heterocycles. The molecule has 0 amide bonds. The quantitative estimate of drug-likeness (QED) is 0.690. The summed E-state index contributed by atoms with van der Waals surface area (Å²) in [7, 11) is 0. The van der Waals surface area contributed by atoms with Gasteiger partial charge in [-0.25, -0.2) is 4.39 Å². The molecule has 0 aliphatic heterocycles. The van der Waals surface area contributed by atoms with Gasteiger partial charge in [0.1, 0.15) is 5.75 Å². The van der Waals surface area contributed by atoms with Crippen LogP contribution < -0.4 is 11.5 Å². The summed E-state index contributed by atoms with van der Waals surface area (Å²) < 4.78 is 17.8. The van der Waals surface area contributed by atoms with Gasteiger partial charge in [-0.15, -0.1) is 10.2 Å². The first-order valence-corrected chi connectivity index (χ1v) is 4.49. The lowest BCUT2D eigenvalue weighted by molar-refractivity contribution is 0.440. The molecule has 8 heteroatoms. The highest BCUT2D eigenvalue weighted by Crippen LogP contribution is 2.34. The van der Waals surface area contributed by atoms with Crippen LogP contribution in [-0.4, -0.2) is 10.3 Å². The molecule has 17 heavy (non-hydrogen) atoms. The minimum Gasteiger partial charge on any atom is -0.506 e. The zero-order valence-corrected chi connectivity index (χ0v) is 8.46. The number of hydrogen-bond acceptors (Lipinski definition) is 7. The van der Waals surface area contributed by atoms with Gasteiger partial charge in [0.2, 0.25) is 0 Å². The lowest BCUT2D eigenvalue weighted by Crippen LogP contribution is -1.84. The summed E-state index contributed by atoms with van der Waals surface area (Å²) in [6.07, 6.45) is 0. The van der Waals surface area contributed by atoms with E-state index in [1.807, 2.05) is 0 Å². The van der Waals surface area contributed by atoms with Crippen molar-refractivity contribution in [2.75, 3.05) is 11.5 Å². The molecule has 0 saturated carbocycles. The maximum atomic E-state index is 13.3. The van der Waals surface area contributed by atoms with Gasteiger partial charge in [-0.05, 0) is 12.1 Å². The Balaban J connectivity index is 2.39. The Hall–Kier alpha value is -2.64. The van der Waals surface area contributed by atoms with E-state index >= 15 is 0 Å². The second kappa shape index (κ2) is 4.08. The van der Waals surface area contributed by atoms with Gasteiger partial charge in [0.05, 0.1) is 0 Å². The van der Waals surface area contributed by atoms with Gasteiger partial charge < -0.3 is 21.1 Å². The fraction of sp³-hybridized carbons (Fsp3) is 0. The van der Waals surface area contributed by atoms with E-state index < -0.39 is 5.82 Å². The largest absolute Gasteiger partial charge is 0.506 e. The van der Waals surface area contributed by atoms with Crippen molar-refractivity contribution < 1.29 is 14.0 Å². The van der Waals surface area contributed by atoms with Crippen LogP contribution in [0.2, 0.25) is 0 Å². The maximum absolute atomic E-state index is 13.3. The summed E-state index contributed by atoms with van der Waals surface area (Å²) in [4.78, 5) is 0. The highest BCUT2D eigenvalue weighted by atomic mass is 19.1. The third-order valence-electron chi connectivity index (χ3n) is 1.93. The third-order valence-corrected chi connectivity index (χ3v) is 1.93. The number of nitrogens with zero attached hydrogens (tertiary/aromatic N) is 3. The van der Waals surface area contributed by atoms with Crippen molar-refractivity contribution in [3.8, 4) is 5.75 Å². The number of nitrogens with two attached hydrogens (primary N) is 2. The number of aromatic nitrogens is 1. The van der Waals surface area contributed by atoms with Crippen molar-refractivity contribution in [1.29, 1.82) is 0 Å². The van der Waals surface area contributed by atoms with Crippen LogP contribution in [0, 0.1) is 5.82 Å².